The van der Waals surface area contributed by atoms with Crippen molar-refractivity contribution in [3.63, 3.8) is 0 Å². The molecule has 0 radical (unpaired) electrons. The molecule has 0 bridgehead atoms. The number of hydrogen-bond acceptors (Lipinski definition) is 8. The molecule has 10 heteroatoms. The maximum absolute atomic E-state index is 12.7. The van der Waals surface area contributed by atoms with Gasteiger partial charge in [0.1, 0.15) is 19.8 Å². The molecule has 372 valence electrons. The highest BCUT2D eigenvalue weighted by atomic mass is 31.2. The smallest absolute Gasteiger partial charge is 0.306 e. The Morgan fingerprint density at radius 1 is 0.492 bits per heavy atom. The monoisotopic (exact) mass is 928 g/mol. The van der Waals surface area contributed by atoms with E-state index in [2.05, 4.69) is 111 Å². The van der Waals surface area contributed by atoms with Crippen molar-refractivity contribution >= 4 is 19.8 Å². The van der Waals surface area contributed by atoms with Gasteiger partial charge in [-0.15, -0.1) is 0 Å². The summed E-state index contributed by atoms with van der Waals surface area (Å²) in [4.78, 5) is 37.6. The van der Waals surface area contributed by atoms with Crippen molar-refractivity contribution in [1.82, 2.24) is 0 Å². The van der Waals surface area contributed by atoms with Crippen LogP contribution in [0.25, 0.3) is 0 Å². The Bertz CT molecular complexity index is 1420. The van der Waals surface area contributed by atoms with Gasteiger partial charge in [-0.25, -0.2) is 0 Å². The number of ether oxygens (including phenoxy) is 2. The second kappa shape index (κ2) is 46.1. The molecule has 0 amide bonds. The van der Waals surface area contributed by atoms with Gasteiger partial charge in [0.05, 0.1) is 27.7 Å². The van der Waals surface area contributed by atoms with E-state index in [4.69, 9.17) is 18.5 Å². The number of carbonyl (C=O) groups excluding carboxylic acids is 2. The number of carbonyl (C=O) groups is 2. The van der Waals surface area contributed by atoms with E-state index >= 15 is 0 Å². The predicted octanol–water partition coefficient (Wildman–Crippen LogP) is 14.7. The molecule has 0 rings (SSSR count). The largest absolute Gasteiger partial charge is 0.756 e. The Morgan fingerprint density at radius 2 is 0.877 bits per heavy atom. The van der Waals surface area contributed by atoms with E-state index in [1.807, 2.05) is 21.1 Å². The third-order valence-electron chi connectivity index (χ3n) is 10.3. The number of unbranched alkanes of at least 4 members (excludes halogenated alkanes) is 15. The lowest BCUT2D eigenvalue weighted by Gasteiger charge is -2.28. The van der Waals surface area contributed by atoms with Gasteiger partial charge in [-0.2, -0.15) is 0 Å². The zero-order chi connectivity index (χ0) is 47.8. The fourth-order valence-electron chi connectivity index (χ4n) is 6.40. The van der Waals surface area contributed by atoms with Crippen LogP contribution < -0.4 is 4.89 Å². The first-order valence-corrected chi connectivity index (χ1v) is 26.9. The zero-order valence-electron chi connectivity index (χ0n) is 41.9. The van der Waals surface area contributed by atoms with Crippen LogP contribution in [0, 0.1) is 0 Å². The number of quaternary nitrogens is 1. The van der Waals surface area contributed by atoms with Crippen LogP contribution in [-0.4, -0.2) is 70.0 Å². The van der Waals surface area contributed by atoms with Gasteiger partial charge in [0.2, 0.25) is 0 Å². The van der Waals surface area contributed by atoms with Crippen molar-refractivity contribution in [2.75, 3.05) is 47.5 Å². The summed E-state index contributed by atoms with van der Waals surface area (Å²) in [5.74, 6) is -0.861. The van der Waals surface area contributed by atoms with Gasteiger partial charge in [-0.3, -0.25) is 14.2 Å². The SMILES string of the molecule is CC/C=C\C/C=C\C/C=C\C/C=C\C/C=C\C/C=C\C/C=C\CCCCCCCCCCCC(=O)OC(COC(=O)CCCCCCC/C=C\CCC)COP(=O)([O-])OCC[N+](C)(C)C. The fraction of sp³-hybridized carbons (Fsp3) is 0.673. The van der Waals surface area contributed by atoms with Gasteiger partial charge in [-0.1, -0.05) is 182 Å². The molecule has 0 saturated heterocycles. The van der Waals surface area contributed by atoms with Gasteiger partial charge >= 0.3 is 11.9 Å². The van der Waals surface area contributed by atoms with Crippen LogP contribution in [0.1, 0.15) is 187 Å². The summed E-state index contributed by atoms with van der Waals surface area (Å²) < 4.78 is 33.9. The highest BCUT2D eigenvalue weighted by Gasteiger charge is 2.21. The van der Waals surface area contributed by atoms with Crippen LogP contribution in [0.2, 0.25) is 0 Å². The van der Waals surface area contributed by atoms with E-state index in [0.717, 1.165) is 109 Å². The highest BCUT2D eigenvalue weighted by Crippen LogP contribution is 2.38. The number of hydrogen-bond donors (Lipinski definition) is 0. The number of allylic oxidation sites excluding steroid dienone is 16. The molecule has 0 aromatic heterocycles. The molecule has 0 aromatic rings. The van der Waals surface area contributed by atoms with E-state index in [1.54, 1.807) is 0 Å². The molecule has 0 aliphatic heterocycles. The van der Waals surface area contributed by atoms with Gasteiger partial charge in [0.15, 0.2) is 6.10 Å². The normalized spacial score (nSPS) is 14.2. The number of rotatable bonds is 45. The van der Waals surface area contributed by atoms with Gasteiger partial charge < -0.3 is 27.9 Å². The van der Waals surface area contributed by atoms with Gasteiger partial charge in [0, 0.05) is 12.8 Å². The van der Waals surface area contributed by atoms with E-state index in [9.17, 15) is 19.0 Å². The molecular formula is C55H94NO8P. The van der Waals surface area contributed by atoms with E-state index in [0.29, 0.717) is 23.9 Å². The van der Waals surface area contributed by atoms with Crippen molar-refractivity contribution in [3.8, 4) is 0 Å². The van der Waals surface area contributed by atoms with Crippen LogP contribution in [-0.2, 0) is 32.7 Å². The second-order valence-electron chi connectivity index (χ2n) is 17.8. The molecule has 9 nitrogen and oxygen atoms in total. The quantitative estimate of drug-likeness (QED) is 0.0195. The molecule has 2 unspecified atom stereocenters. The topological polar surface area (TPSA) is 111 Å². The Morgan fingerprint density at radius 3 is 1.32 bits per heavy atom. The number of esters is 2. The standard InChI is InChI=1S/C55H94NO8P/c1-6-8-10-12-14-16-18-19-20-21-22-23-24-25-26-27-28-29-30-31-32-33-34-35-36-37-38-40-42-44-46-48-55(58)64-53(52-63-65(59,60)62-50-49-56(3,4)5)51-61-54(57)47-45-43-41-39-17-15-13-11-9-7-2/h8,10-11,13-14,16,19-20,22-23,25-26,28-29,31-32,53H,6-7,9,12,15,17-18,21,24,27,30,33-52H2,1-5H3/b10-8-,13-11-,16-14-,20-19-,23-22-,26-25-,29-28-,32-31-. The van der Waals surface area contributed by atoms with Crippen LogP contribution in [0.4, 0.5) is 0 Å². The Kier molecular flexibility index (Phi) is 43.9. The maximum Gasteiger partial charge on any atom is 0.306 e. The first-order valence-electron chi connectivity index (χ1n) is 25.4. The van der Waals surface area contributed by atoms with Crippen molar-refractivity contribution in [2.24, 2.45) is 0 Å². The van der Waals surface area contributed by atoms with Crippen LogP contribution in [0.15, 0.2) is 97.2 Å². The predicted molar refractivity (Wildman–Crippen MR) is 272 cm³/mol. The first kappa shape index (κ1) is 61.9. The van der Waals surface area contributed by atoms with Crippen molar-refractivity contribution in [1.29, 1.82) is 0 Å². The minimum absolute atomic E-state index is 0.0380. The minimum atomic E-state index is -4.63. The molecule has 0 aliphatic rings. The Hall–Kier alpha value is -3.07. The maximum atomic E-state index is 12.7. The van der Waals surface area contributed by atoms with Crippen molar-refractivity contribution in [2.45, 2.75) is 193 Å². The summed E-state index contributed by atoms with van der Waals surface area (Å²) in [7, 11) is 1.14. The lowest BCUT2D eigenvalue weighted by atomic mass is 10.1. The summed E-state index contributed by atoms with van der Waals surface area (Å²) in [6, 6.07) is 0. The second-order valence-corrected chi connectivity index (χ2v) is 19.2. The van der Waals surface area contributed by atoms with Gasteiger partial charge in [-0.05, 0) is 89.9 Å². The molecule has 0 aliphatic carbocycles. The van der Waals surface area contributed by atoms with Crippen LogP contribution in [0.5, 0.6) is 0 Å². The van der Waals surface area contributed by atoms with Crippen molar-refractivity contribution in [3.05, 3.63) is 97.2 Å². The summed E-state index contributed by atoms with van der Waals surface area (Å²) in [6.45, 7) is 4.01. The molecule has 0 fully saturated rings. The van der Waals surface area contributed by atoms with E-state index in [-0.39, 0.29) is 26.1 Å². The molecule has 0 N–H and O–H groups in total. The summed E-state index contributed by atoms with van der Waals surface area (Å²) in [5.41, 5.74) is 0. The summed E-state index contributed by atoms with van der Waals surface area (Å²) in [5, 5.41) is 0. The summed E-state index contributed by atoms with van der Waals surface area (Å²) >= 11 is 0. The van der Waals surface area contributed by atoms with Crippen LogP contribution in [0.3, 0.4) is 0 Å². The summed E-state index contributed by atoms with van der Waals surface area (Å²) in [6.07, 6.45) is 61.7. The number of phosphoric ester groups is 1. The zero-order valence-corrected chi connectivity index (χ0v) is 42.8. The molecule has 65 heavy (non-hydrogen) atoms. The molecular weight excluding hydrogens is 834 g/mol. The third-order valence-corrected chi connectivity index (χ3v) is 11.3. The minimum Gasteiger partial charge on any atom is -0.756 e. The molecule has 2 atom stereocenters. The van der Waals surface area contributed by atoms with Gasteiger partial charge in [0.25, 0.3) is 7.82 Å². The van der Waals surface area contributed by atoms with Crippen LogP contribution >= 0.6 is 7.82 Å². The van der Waals surface area contributed by atoms with E-state index < -0.39 is 32.5 Å². The Labute approximate surface area is 398 Å². The molecule has 0 aromatic carbocycles. The average molecular weight is 928 g/mol. The van der Waals surface area contributed by atoms with E-state index in [1.165, 1.54) is 38.5 Å². The fourth-order valence-corrected chi connectivity index (χ4v) is 7.13. The lowest BCUT2D eigenvalue weighted by molar-refractivity contribution is -0.870. The highest BCUT2D eigenvalue weighted by molar-refractivity contribution is 7.45. The number of likely N-dealkylation sites (N-methyl/N-ethyl adjacent to an activating group) is 1. The first-order chi connectivity index (χ1) is 31.5. The average Bonchev–Trinajstić information content (AvgIpc) is 3.26. The lowest BCUT2D eigenvalue weighted by Crippen LogP contribution is -2.37. The molecule has 0 spiro atoms. The third kappa shape index (κ3) is 50.2. The Balaban J connectivity index is 4.16. The molecule has 0 saturated carbocycles. The van der Waals surface area contributed by atoms with Crippen molar-refractivity contribution < 1.29 is 42.1 Å². The molecule has 0 heterocycles. The number of nitrogens with zero attached hydrogens (tertiary/aromatic N) is 1. The number of phosphoric acid groups is 1.